The molecular formula is C23H26F3N3O6S. The predicted molar refractivity (Wildman–Crippen MR) is 122 cm³/mol. The number of hydrazine groups is 1. The Hall–Kier alpha value is -2.61. The first-order valence-corrected chi connectivity index (χ1v) is 12.2. The van der Waals surface area contributed by atoms with Gasteiger partial charge in [0.15, 0.2) is 0 Å². The number of nitrogens with zero attached hydrogens (tertiary/aromatic N) is 2. The van der Waals surface area contributed by atoms with Crippen LogP contribution in [0.2, 0.25) is 0 Å². The van der Waals surface area contributed by atoms with Gasteiger partial charge in [-0.25, -0.2) is 9.80 Å². The number of benzene rings is 1. The summed E-state index contributed by atoms with van der Waals surface area (Å²) < 4.78 is 40.8. The number of nitrogens with one attached hydrogen (secondary N) is 1. The molecule has 2 saturated heterocycles. The van der Waals surface area contributed by atoms with E-state index in [9.17, 15) is 37.8 Å². The van der Waals surface area contributed by atoms with Crippen molar-refractivity contribution in [1.82, 2.24) is 15.3 Å². The largest absolute Gasteiger partial charge is 0.573 e. The summed E-state index contributed by atoms with van der Waals surface area (Å²) in [7, 11) is 0. The lowest BCUT2D eigenvalue weighted by atomic mass is 9.79. The molecule has 196 valence electrons. The molecule has 4 rings (SSSR count). The number of carbonyl (C=O) groups excluding carboxylic acids is 2. The Morgan fingerprint density at radius 3 is 2.56 bits per heavy atom. The molecule has 1 amide bonds. The normalized spacial score (nSPS) is 29.2. The second kappa shape index (κ2) is 10.0. The highest BCUT2D eigenvalue weighted by atomic mass is 32.2. The predicted octanol–water partition coefficient (Wildman–Crippen LogP) is 2.12. The average molecular weight is 530 g/mol. The van der Waals surface area contributed by atoms with E-state index in [-0.39, 0.29) is 29.2 Å². The standard InChI is InChI=1S/C23H26F3N3O6S/c1-11-18-17(12(2)31)21(32)29(18)19(22(33)34)20(11)36-16-7-14(10-30)28(9-16)27-8-13-3-5-15(6-4-13)35-23(24,25)26/h3-6,10-12,14,16-18,27,31H,7-9H2,1-2H3,(H,33,34)/t11-,12-,14+,16+,17-,18-/m1/s1. The molecular weight excluding hydrogens is 503 g/mol. The first-order chi connectivity index (χ1) is 16.9. The lowest BCUT2D eigenvalue weighted by Gasteiger charge is -2.46. The highest BCUT2D eigenvalue weighted by molar-refractivity contribution is 8.03. The van der Waals surface area contributed by atoms with Gasteiger partial charge in [0, 0.05) is 29.2 Å². The average Bonchev–Trinajstić information content (AvgIpc) is 3.29. The quantitative estimate of drug-likeness (QED) is 0.326. The Morgan fingerprint density at radius 2 is 2.00 bits per heavy atom. The Bertz CT molecular complexity index is 1060. The highest BCUT2D eigenvalue weighted by Gasteiger charge is 2.60. The molecule has 3 aliphatic rings. The summed E-state index contributed by atoms with van der Waals surface area (Å²) in [5.74, 6) is -2.86. The summed E-state index contributed by atoms with van der Waals surface area (Å²) in [6.45, 7) is 4.02. The molecule has 0 aliphatic carbocycles. The minimum atomic E-state index is -4.77. The van der Waals surface area contributed by atoms with Gasteiger partial charge in [-0.3, -0.25) is 10.2 Å². The fourth-order valence-corrected chi connectivity index (χ4v) is 6.62. The molecule has 3 aliphatic heterocycles. The molecule has 9 nitrogen and oxygen atoms in total. The molecule has 0 aromatic heterocycles. The van der Waals surface area contributed by atoms with Gasteiger partial charge in [0.2, 0.25) is 5.91 Å². The molecule has 0 saturated carbocycles. The zero-order valence-electron chi connectivity index (χ0n) is 19.4. The maximum Gasteiger partial charge on any atom is 0.573 e. The number of carbonyl (C=O) groups is 3. The number of amides is 1. The number of thioether (sulfide) groups is 1. The molecule has 0 radical (unpaired) electrons. The lowest BCUT2D eigenvalue weighted by Crippen LogP contribution is -2.63. The van der Waals surface area contributed by atoms with E-state index in [4.69, 9.17) is 0 Å². The number of halogens is 3. The molecule has 1 aromatic rings. The van der Waals surface area contributed by atoms with Crippen molar-refractivity contribution in [2.45, 2.75) is 56.6 Å². The van der Waals surface area contributed by atoms with Gasteiger partial charge in [0.1, 0.15) is 17.7 Å². The Kier molecular flexibility index (Phi) is 7.37. The van der Waals surface area contributed by atoms with Crippen molar-refractivity contribution >= 4 is 29.9 Å². The second-order valence-electron chi connectivity index (χ2n) is 9.13. The first-order valence-electron chi connectivity index (χ1n) is 11.4. The van der Waals surface area contributed by atoms with Gasteiger partial charge in [-0.15, -0.1) is 24.9 Å². The van der Waals surface area contributed by atoms with E-state index in [1.165, 1.54) is 47.9 Å². The Balaban J connectivity index is 1.40. The third-order valence-corrected chi connectivity index (χ3v) is 8.20. The number of β-lactam (4-membered cyclic amide) rings is 1. The summed E-state index contributed by atoms with van der Waals surface area (Å²) in [6.07, 6.45) is -4.42. The fraction of sp³-hybridized carbons (Fsp3) is 0.522. The minimum absolute atomic E-state index is 0.0605. The van der Waals surface area contributed by atoms with Gasteiger partial charge < -0.3 is 24.6 Å². The minimum Gasteiger partial charge on any atom is -0.477 e. The SMILES string of the molecule is C[C@@H](O)[C@H]1C(=O)N2C(C(=O)O)=C(S[C@H]3C[C@@H](C=O)N(NCc4ccc(OC(F)(F)F)cc4)C3)[C@H](C)[C@H]12. The highest BCUT2D eigenvalue weighted by Crippen LogP contribution is 2.52. The summed E-state index contributed by atoms with van der Waals surface area (Å²) in [5.41, 5.74) is 3.74. The van der Waals surface area contributed by atoms with Crippen molar-refractivity contribution in [3.05, 3.63) is 40.4 Å². The van der Waals surface area contributed by atoms with Crippen LogP contribution >= 0.6 is 11.8 Å². The van der Waals surface area contributed by atoms with E-state index < -0.39 is 42.3 Å². The molecule has 0 bridgehead atoms. The Morgan fingerprint density at radius 1 is 1.33 bits per heavy atom. The molecule has 6 atom stereocenters. The summed E-state index contributed by atoms with van der Waals surface area (Å²) in [4.78, 5) is 38.1. The maximum absolute atomic E-state index is 12.5. The summed E-state index contributed by atoms with van der Waals surface area (Å²) in [5, 5.41) is 21.4. The first kappa shape index (κ1) is 26.5. The molecule has 0 spiro atoms. The molecule has 3 N–H and O–H groups in total. The van der Waals surface area contributed by atoms with E-state index in [0.717, 1.165) is 6.29 Å². The van der Waals surface area contributed by atoms with Crippen LogP contribution in [0.5, 0.6) is 5.75 Å². The maximum atomic E-state index is 12.5. The van der Waals surface area contributed by atoms with E-state index in [0.29, 0.717) is 23.4 Å². The van der Waals surface area contributed by atoms with Crippen LogP contribution in [0.3, 0.4) is 0 Å². The monoisotopic (exact) mass is 529 g/mol. The van der Waals surface area contributed by atoms with Crippen molar-refractivity contribution in [2.75, 3.05) is 6.54 Å². The number of hydrogen-bond acceptors (Lipinski definition) is 8. The fourth-order valence-electron chi connectivity index (χ4n) is 5.08. The van der Waals surface area contributed by atoms with Crippen LogP contribution in [0, 0.1) is 11.8 Å². The third-order valence-electron chi connectivity index (χ3n) is 6.71. The van der Waals surface area contributed by atoms with Crippen molar-refractivity contribution < 1.29 is 42.5 Å². The molecule has 0 unspecified atom stereocenters. The number of rotatable bonds is 9. The van der Waals surface area contributed by atoms with Crippen molar-refractivity contribution in [2.24, 2.45) is 11.8 Å². The molecule has 1 aromatic carbocycles. The molecule has 13 heteroatoms. The summed E-state index contributed by atoms with van der Waals surface area (Å²) >= 11 is 1.33. The number of ether oxygens (including phenoxy) is 1. The number of hydrogen-bond donors (Lipinski definition) is 3. The smallest absolute Gasteiger partial charge is 0.477 e. The number of carboxylic acid groups (broad SMARTS) is 1. The zero-order chi connectivity index (χ0) is 26.4. The molecule has 3 heterocycles. The Labute approximate surface area is 209 Å². The van der Waals surface area contributed by atoms with E-state index in [1.807, 2.05) is 6.92 Å². The number of aliphatic hydroxyl groups excluding tert-OH is 1. The van der Waals surface area contributed by atoms with Gasteiger partial charge in [-0.2, -0.15) is 0 Å². The van der Waals surface area contributed by atoms with Crippen LogP contribution in [0.1, 0.15) is 25.8 Å². The number of aliphatic hydroxyl groups is 1. The van der Waals surface area contributed by atoms with Crippen LogP contribution in [-0.2, 0) is 20.9 Å². The van der Waals surface area contributed by atoms with E-state index in [2.05, 4.69) is 10.2 Å². The van der Waals surface area contributed by atoms with E-state index in [1.54, 1.807) is 5.01 Å². The second-order valence-corrected chi connectivity index (χ2v) is 10.5. The van der Waals surface area contributed by atoms with Gasteiger partial charge in [0.05, 0.1) is 24.1 Å². The van der Waals surface area contributed by atoms with Crippen molar-refractivity contribution in [1.29, 1.82) is 0 Å². The number of aldehydes is 1. The summed E-state index contributed by atoms with van der Waals surface area (Å²) in [6, 6.07) is 4.48. The number of fused-ring (bicyclic) bond motifs is 1. The molecule has 2 fully saturated rings. The van der Waals surface area contributed by atoms with Gasteiger partial charge in [-0.1, -0.05) is 19.1 Å². The van der Waals surface area contributed by atoms with Crippen molar-refractivity contribution in [3.8, 4) is 5.75 Å². The lowest BCUT2D eigenvalue weighted by molar-refractivity contribution is -0.274. The van der Waals surface area contributed by atoms with Crippen LogP contribution < -0.4 is 10.2 Å². The topological polar surface area (TPSA) is 119 Å². The molecule has 36 heavy (non-hydrogen) atoms. The van der Waals surface area contributed by atoms with Crippen molar-refractivity contribution in [3.63, 3.8) is 0 Å². The van der Waals surface area contributed by atoms with Crippen LogP contribution in [0.25, 0.3) is 0 Å². The van der Waals surface area contributed by atoms with Crippen LogP contribution in [0.15, 0.2) is 34.9 Å². The third kappa shape index (κ3) is 5.10. The van der Waals surface area contributed by atoms with E-state index >= 15 is 0 Å². The number of aliphatic carboxylic acids is 1. The number of carboxylic acids is 1. The van der Waals surface area contributed by atoms with Gasteiger partial charge >= 0.3 is 12.3 Å². The number of alkyl halides is 3. The zero-order valence-corrected chi connectivity index (χ0v) is 20.3. The van der Waals surface area contributed by atoms with Crippen LogP contribution in [0.4, 0.5) is 13.2 Å². The van der Waals surface area contributed by atoms with Gasteiger partial charge in [0.25, 0.3) is 0 Å². The van der Waals surface area contributed by atoms with Gasteiger partial charge in [-0.05, 0) is 31.0 Å². The van der Waals surface area contributed by atoms with Crippen LogP contribution in [-0.4, -0.2) is 74.6 Å².